The SMILES string of the molecule is CCCC(C)(CC)Nc1ccc2[nH]c(=O)cc(C(F)(F)F)c2c1. The highest BCUT2D eigenvalue weighted by molar-refractivity contribution is 5.86. The Bertz CT molecular complexity index is 752. The van der Waals surface area contributed by atoms with Crippen LogP contribution in [-0.4, -0.2) is 10.5 Å². The molecule has 2 aromatic rings. The molecule has 1 aromatic carbocycles. The second-order valence-electron chi connectivity index (χ2n) is 6.09. The van der Waals surface area contributed by atoms with Crippen molar-refractivity contribution in [2.45, 2.75) is 51.7 Å². The van der Waals surface area contributed by atoms with Crippen LogP contribution in [0.25, 0.3) is 10.9 Å². The number of pyridine rings is 1. The largest absolute Gasteiger partial charge is 0.417 e. The number of anilines is 1. The van der Waals surface area contributed by atoms with Crippen LogP contribution < -0.4 is 10.9 Å². The Morgan fingerprint density at radius 2 is 1.87 bits per heavy atom. The minimum absolute atomic E-state index is 0.00273. The van der Waals surface area contributed by atoms with Crippen LogP contribution >= 0.6 is 0 Å². The number of hydrogen-bond donors (Lipinski definition) is 2. The molecule has 1 unspecified atom stereocenters. The van der Waals surface area contributed by atoms with E-state index in [9.17, 15) is 18.0 Å². The number of hydrogen-bond acceptors (Lipinski definition) is 2. The van der Waals surface area contributed by atoms with Gasteiger partial charge in [-0.3, -0.25) is 4.79 Å². The molecule has 1 aromatic heterocycles. The molecule has 0 spiro atoms. The molecule has 1 atom stereocenters. The highest BCUT2D eigenvalue weighted by Gasteiger charge is 2.33. The van der Waals surface area contributed by atoms with Gasteiger partial charge in [-0.05, 0) is 38.0 Å². The lowest BCUT2D eigenvalue weighted by molar-refractivity contribution is -0.136. The maximum atomic E-state index is 13.2. The molecule has 6 heteroatoms. The Labute approximate surface area is 132 Å². The lowest BCUT2D eigenvalue weighted by Crippen LogP contribution is -2.33. The number of fused-ring (bicyclic) bond motifs is 1. The summed E-state index contributed by atoms with van der Waals surface area (Å²) in [5.41, 5.74) is -1.04. The average molecular weight is 326 g/mol. The summed E-state index contributed by atoms with van der Waals surface area (Å²) in [5, 5.41) is 3.33. The Morgan fingerprint density at radius 1 is 1.17 bits per heavy atom. The fourth-order valence-electron chi connectivity index (χ4n) is 2.79. The number of H-pyrrole nitrogens is 1. The minimum atomic E-state index is -4.57. The van der Waals surface area contributed by atoms with E-state index >= 15 is 0 Å². The van der Waals surface area contributed by atoms with Crippen LogP contribution in [0, 0.1) is 0 Å². The molecule has 2 rings (SSSR count). The second kappa shape index (κ2) is 6.26. The van der Waals surface area contributed by atoms with E-state index in [-0.39, 0.29) is 16.4 Å². The number of alkyl halides is 3. The van der Waals surface area contributed by atoms with Crippen molar-refractivity contribution in [3.63, 3.8) is 0 Å². The van der Waals surface area contributed by atoms with Crippen LogP contribution in [0.4, 0.5) is 18.9 Å². The summed E-state index contributed by atoms with van der Waals surface area (Å²) in [6, 6.07) is 5.27. The van der Waals surface area contributed by atoms with Crippen LogP contribution in [0.15, 0.2) is 29.1 Å². The van der Waals surface area contributed by atoms with E-state index in [0.717, 1.165) is 19.3 Å². The molecule has 0 fully saturated rings. The van der Waals surface area contributed by atoms with E-state index in [2.05, 4.69) is 24.1 Å². The number of rotatable bonds is 5. The van der Waals surface area contributed by atoms with Gasteiger partial charge in [0.1, 0.15) is 0 Å². The number of aromatic nitrogens is 1. The first-order valence-electron chi connectivity index (χ1n) is 7.71. The predicted octanol–water partition coefficient (Wildman–Crippen LogP) is 4.93. The van der Waals surface area contributed by atoms with Gasteiger partial charge >= 0.3 is 6.18 Å². The predicted molar refractivity (Wildman–Crippen MR) is 86.8 cm³/mol. The zero-order chi connectivity index (χ0) is 17.3. The van der Waals surface area contributed by atoms with E-state index in [1.54, 1.807) is 6.07 Å². The standard InChI is InChI=1S/C17H21F3N2O/c1-4-8-16(3,5-2)22-11-6-7-14-12(9-11)13(17(18,19)20)10-15(23)21-14/h6-7,9-10,22H,4-5,8H2,1-3H3,(H,21,23). The van der Waals surface area contributed by atoms with Gasteiger partial charge < -0.3 is 10.3 Å². The van der Waals surface area contributed by atoms with Crippen molar-refractivity contribution in [1.82, 2.24) is 4.98 Å². The monoisotopic (exact) mass is 326 g/mol. The second-order valence-corrected chi connectivity index (χ2v) is 6.09. The molecule has 2 N–H and O–H groups in total. The number of benzene rings is 1. The fraction of sp³-hybridized carbons (Fsp3) is 0.471. The highest BCUT2D eigenvalue weighted by atomic mass is 19.4. The summed E-state index contributed by atoms with van der Waals surface area (Å²) < 4.78 is 39.5. The molecule has 0 aliphatic carbocycles. The van der Waals surface area contributed by atoms with Crippen molar-refractivity contribution in [3.8, 4) is 0 Å². The van der Waals surface area contributed by atoms with E-state index < -0.39 is 17.3 Å². The summed E-state index contributed by atoms with van der Waals surface area (Å²) >= 11 is 0. The molecule has 126 valence electrons. The lowest BCUT2D eigenvalue weighted by atomic mass is 9.92. The van der Waals surface area contributed by atoms with Gasteiger partial charge in [-0.25, -0.2) is 0 Å². The van der Waals surface area contributed by atoms with Gasteiger partial charge in [-0.2, -0.15) is 13.2 Å². The van der Waals surface area contributed by atoms with Crippen LogP contribution in [0.3, 0.4) is 0 Å². The Hall–Kier alpha value is -1.98. The molecule has 0 saturated carbocycles. The third kappa shape index (κ3) is 3.86. The normalized spacial score (nSPS) is 14.7. The quantitative estimate of drug-likeness (QED) is 0.818. The zero-order valence-corrected chi connectivity index (χ0v) is 13.5. The Morgan fingerprint density at radius 3 is 2.43 bits per heavy atom. The summed E-state index contributed by atoms with van der Waals surface area (Å²) in [6.45, 7) is 6.17. The molecule has 0 radical (unpaired) electrons. The summed E-state index contributed by atoms with van der Waals surface area (Å²) in [5.74, 6) is 0. The van der Waals surface area contributed by atoms with Gasteiger partial charge in [0.25, 0.3) is 0 Å². The van der Waals surface area contributed by atoms with Crippen molar-refractivity contribution >= 4 is 16.6 Å². The van der Waals surface area contributed by atoms with Gasteiger partial charge in [0.05, 0.1) is 5.56 Å². The molecule has 0 aliphatic rings. The van der Waals surface area contributed by atoms with Crippen LogP contribution in [0.1, 0.15) is 45.6 Å². The molecular formula is C17H21F3N2O. The summed E-state index contributed by atoms with van der Waals surface area (Å²) in [4.78, 5) is 13.9. The third-order valence-corrected chi connectivity index (χ3v) is 4.18. The van der Waals surface area contributed by atoms with E-state index in [1.807, 2.05) is 6.92 Å². The van der Waals surface area contributed by atoms with E-state index in [0.29, 0.717) is 11.8 Å². The first-order valence-corrected chi connectivity index (χ1v) is 7.71. The fourth-order valence-corrected chi connectivity index (χ4v) is 2.79. The topological polar surface area (TPSA) is 44.9 Å². The number of aromatic amines is 1. The minimum Gasteiger partial charge on any atom is -0.380 e. The van der Waals surface area contributed by atoms with Gasteiger partial charge in [-0.1, -0.05) is 20.3 Å². The molecule has 0 amide bonds. The average Bonchev–Trinajstić information content (AvgIpc) is 2.46. The molecule has 0 bridgehead atoms. The van der Waals surface area contributed by atoms with Crippen LogP contribution in [-0.2, 0) is 6.18 Å². The molecule has 1 heterocycles. The van der Waals surface area contributed by atoms with E-state index in [1.165, 1.54) is 12.1 Å². The first-order chi connectivity index (χ1) is 10.7. The first kappa shape index (κ1) is 17.4. The molecule has 0 aliphatic heterocycles. The number of halogens is 3. The summed E-state index contributed by atoms with van der Waals surface area (Å²) in [7, 11) is 0. The van der Waals surface area contributed by atoms with Gasteiger partial charge in [-0.15, -0.1) is 0 Å². The maximum absolute atomic E-state index is 13.2. The molecule has 3 nitrogen and oxygen atoms in total. The smallest absolute Gasteiger partial charge is 0.380 e. The Balaban J connectivity index is 2.53. The van der Waals surface area contributed by atoms with Crippen LogP contribution in [0.2, 0.25) is 0 Å². The number of nitrogens with one attached hydrogen (secondary N) is 2. The van der Waals surface area contributed by atoms with Crippen molar-refractivity contribution in [3.05, 3.63) is 40.2 Å². The van der Waals surface area contributed by atoms with Crippen LogP contribution in [0.5, 0.6) is 0 Å². The lowest BCUT2D eigenvalue weighted by Gasteiger charge is -2.31. The molecule has 23 heavy (non-hydrogen) atoms. The van der Waals surface area contributed by atoms with Crippen molar-refractivity contribution in [1.29, 1.82) is 0 Å². The van der Waals surface area contributed by atoms with Gasteiger partial charge in [0.15, 0.2) is 0 Å². The third-order valence-electron chi connectivity index (χ3n) is 4.18. The highest BCUT2D eigenvalue weighted by Crippen LogP contribution is 2.35. The zero-order valence-electron chi connectivity index (χ0n) is 13.5. The summed E-state index contributed by atoms with van der Waals surface area (Å²) in [6.07, 6.45) is -1.81. The van der Waals surface area contributed by atoms with Crippen molar-refractivity contribution < 1.29 is 13.2 Å². The van der Waals surface area contributed by atoms with Gasteiger partial charge in [0, 0.05) is 28.2 Å². The Kier molecular flexibility index (Phi) is 4.73. The van der Waals surface area contributed by atoms with Crippen molar-refractivity contribution in [2.24, 2.45) is 0 Å². The van der Waals surface area contributed by atoms with E-state index in [4.69, 9.17) is 0 Å². The maximum Gasteiger partial charge on any atom is 0.417 e. The molecule has 0 saturated heterocycles. The van der Waals surface area contributed by atoms with Gasteiger partial charge in [0.2, 0.25) is 5.56 Å². The van der Waals surface area contributed by atoms with Crippen molar-refractivity contribution in [2.75, 3.05) is 5.32 Å². The molecular weight excluding hydrogens is 305 g/mol.